The highest BCUT2D eigenvalue weighted by Crippen LogP contribution is 2.32. The van der Waals surface area contributed by atoms with E-state index in [1.807, 2.05) is 13.8 Å². The highest BCUT2D eigenvalue weighted by atomic mass is 35.5. The second kappa shape index (κ2) is 7.99. The van der Waals surface area contributed by atoms with E-state index in [1.165, 1.54) is 18.2 Å². The standard InChI is InChI=1S/C22H23ClFN5O3/c1-11-20(23)12(2)29-21(26-11)17-8-28(9-18(17)27-29)22(31)16-4-3-13(24)5-19(16)32-15-6-14(10-30)25-7-15/h3-5,14-15,25,30H,6-10H2,1-2H3/t14-,15-/m0/s1. The normalized spacial score (nSPS) is 20.2. The van der Waals surface area contributed by atoms with E-state index in [4.69, 9.17) is 16.3 Å². The lowest BCUT2D eigenvalue weighted by atomic mass is 10.1. The molecular weight excluding hydrogens is 437 g/mol. The second-order valence-corrected chi connectivity index (χ2v) is 8.70. The molecule has 5 rings (SSSR count). The van der Waals surface area contributed by atoms with Crippen molar-refractivity contribution >= 4 is 23.2 Å². The molecule has 0 unspecified atom stereocenters. The van der Waals surface area contributed by atoms with Crippen molar-refractivity contribution < 1.29 is 19.0 Å². The number of ether oxygens (including phenoxy) is 1. The highest BCUT2D eigenvalue weighted by molar-refractivity contribution is 6.31. The zero-order chi connectivity index (χ0) is 22.6. The molecule has 0 bridgehead atoms. The third-order valence-corrected chi connectivity index (χ3v) is 6.66. The molecule has 1 saturated heterocycles. The maximum absolute atomic E-state index is 14.0. The summed E-state index contributed by atoms with van der Waals surface area (Å²) in [5.74, 6) is -0.533. The van der Waals surface area contributed by atoms with E-state index in [0.29, 0.717) is 48.0 Å². The van der Waals surface area contributed by atoms with Crippen LogP contribution < -0.4 is 10.1 Å². The number of rotatable bonds is 4. The zero-order valence-electron chi connectivity index (χ0n) is 17.7. The van der Waals surface area contributed by atoms with Crippen LogP contribution in [0, 0.1) is 19.7 Å². The molecule has 2 aliphatic heterocycles. The number of hydrogen-bond donors (Lipinski definition) is 2. The Morgan fingerprint density at radius 2 is 2.19 bits per heavy atom. The average molecular weight is 460 g/mol. The highest BCUT2D eigenvalue weighted by Gasteiger charge is 2.33. The fraction of sp³-hybridized carbons (Fsp3) is 0.409. The van der Waals surface area contributed by atoms with Gasteiger partial charge in [0.2, 0.25) is 0 Å². The minimum atomic E-state index is -0.476. The molecule has 2 aliphatic rings. The molecule has 1 aromatic carbocycles. The first-order valence-corrected chi connectivity index (χ1v) is 10.9. The summed E-state index contributed by atoms with van der Waals surface area (Å²) in [5, 5.41) is 17.6. The second-order valence-electron chi connectivity index (χ2n) is 8.32. The molecule has 0 aliphatic carbocycles. The lowest BCUT2D eigenvalue weighted by Crippen LogP contribution is -2.28. The fourth-order valence-electron chi connectivity index (χ4n) is 4.39. The number of carbonyl (C=O) groups excluding carboxylic acids is 1. The Bertz CT molecular complexity index is 1230. The molecule has 1 amide bonds. The van der Waals surface area contributed by atoms with Gasteiger partial charge in [-0.2, -0.15) is 5.10 Å². The van der Waals surface area contributed by atoms with Crippen LogP contribution >= 0.6 is 11.6 Å². The number of hydrogen-bond acceptors (Lipinski definition) is 6. The van der Waals surface area contributed by atoms with Crippen molar-refractivity contribution in [3.05, 3.63) is 57.2 Å². The Hall–Kier alpha value is -2.75. The van der Waals surface area contributed by atoms with Crippen molar-refractivity contribution in [1.29, 1.82) is 0 Å². The van der Waals surface area contributed by atoms with E-state index in [1.54, 1.807) is 9.42 Å². The quantitative estimate of drug-likeness (QED) is 0.622. The minimum Gasteiger partial charge on any atom is -0.488 e. The number of aliphatic hydroxyl groups is 1. The first-order valence-electron chi connectivity index (χ1n) is 10.5. The van der Waals surface area contributed by atoms with Gasteiger partial charge in [-0.3, -0.25) is 4.79 Å². The topological polar surface area (TPSA) is 92.0 Å². The predicted octanol–water partition coefficient (Wildman–Crippen LogP) is 2.40. The number of halogens is 2. The van der Waals surface area contributed by atoms with Gasteiger partial charge in [0.1, 0.15) is 17.7 Å². The first-order chi connectivity index (χ1) is 15.4. The van der Waals surface area contributed by atoms with E-state index in [2.05, 4.69) is 15.4 Å². The maximum Gasteiger partial charge on any atom is 0.258 e. The predicted molar refractivity (Wildman–Crippen MR) is 115 cm³/mol. The van der Waals surface area contributed by atoms with Crippen molar-refractivity contribution in [2.24, 2.45) is 0 Å². The molecule has 1 fully saturated rings. The number of amides is 1. The van der Waals surface area contributed by atoms with Crippen LogP contribution in [0.1, 0.15) is 39.4 Å². The summed E-state index contributed by atoms with van der Waals surface area (Å²) in [7, 11) is 0. The van der Waals surface area contributed by atoms with Crippen LogP contribution in [-0.2, 0) is 13.1 Å². The third-order valence-electron chi connectivity index (χ3n) is 6.11. The van der Waals surface area contributed by atoms with Crippen molar-refractivity contribution in [2.75, 3.05) is 13.2 Å². The molecule has 4 heterocycles. The Morgan fingerprint density at radius 3 is 2.94 bits per heavy atom. The number of aryl methyl sites for hydroxylation is 2. The van der Waals surface area contributed by atoms with Gasteiger partial charge in [0.25, 0.3) is 5.91 Å². The molecule has 10 heteroatoms. The average Bonchev–Trinajstić information content (AvgIpc) is 3.47. The van der Waals surface area contributed by atoms with Crippen LogP contribution in [0.4, 0.5) is 4.39 Å². The van der Waals surface area contributed by atoms with Crippen LogP contribution in [0.25, 0.3) is 5.65 Å². The molecule has 2 aromatic heterocycles. The molecular formula is C22H23ClFN5O3. The van der Waals surface area contributed by atoms with Crippen molar-refractivity contribution in [3.8, 4) is 5.75 Å². The molecule has 2 N–H and O–H groups in total. The Labute approximate surface area is 188 Å². The Morgan fingerprint density at radius 1 is 1.38 bits per heavy atom. The van der Waals surface area contributed by atoms with Crippen LogP contribution in [-0.4, -0.2) is 55.8 Å². The number of carbonyl (C=O) groups is 1. The molecule has 3 aromatic rings. The van der Waals surface area contributed by atoms with E-state index < -0.39 is 5.82 Å². The number of aliphatic hydroxyl groups excluding tert-OH is 1. The van der Waals surface area contributed by atoms with Gasteiger partial charge in [-0.05, 0) is 26.0 Å². The molecule has 2 atom stereocenters. The monoisotopic (exact) mass is 459 g/mol. The van der Waals surface area contributed by atoms with Gasteiger partial charge in [-0.15, -0.1) is 0 Å². The molecule has 32 heavy (non-hydrogen) atoms. The number of benzene rings is 1. The van der Waals surface area contributed by atoms with E-state index in [0.717, 1.165) is 17.0 Å². The lowest BCUT2D eigenvalue weighted by molar-refractivity contribution is 0.0742. The van der Waals surface area contributed by atoms with Crippen LogP contribution in [0.5, 0.6) is 5.75 Å². The zero-order valence-corrected chi connectivity index (χ0v) is 18.5. The molecule has 0 radical (unpaired) electrons. The summed E-state index contributed by atoms with van der Waals surface area (Å²) < 4.78 is 21.6. The lowest BCUT2D eigenvalue weighted by Gasteiger charge is -2.20. The number of aromatic nitrogens is 3. The van der Waals surface area contributed by atoms with E-state index in [9.17, 15) is 14.3 Å². The smallest absolute Gasteiger partial charge is 0.258 e. The van der Waals surface area contributed by atoms with Gasteiger partial charge >= 0.3 is 0 Å². The summed E-state index contributed by atoms with van der Waals surface area (Å²) in [6.45, 7) is 4.92. The van der Waals surface area contributed by atoms with E-state index >= 15 is 0 Å². The first kappa shape index (κ1) is 21.1. The number of nitrogens with zero attached hydrogens (tertiary/aromatic N) is 4. The number of fused-ring (bicyclic) bond motifs is 3. The Kier molecular flexibility index (Phi) is 5.27. The van der Waals surface area contributed by atoms with Gasteiger partial charge in [0.15, 0.2) is 5.65 Å². The van der Waals surface area contributed by atoms with Gasteiger partial charge < -0.3 is 20.1 Å². The van der Waals surface area contributed by atoms with Gasteiger partial charge in [0, 0.05) is 30.6 Å². The van der Waals surface area contributed by atoms with Gasteiger partial charge in [-0.25, -0.2) is 13.9 Å². The number of nitrogens with one attached hydrogen (secondary N) is 1. The van der Waals surface area contributed by atoms with E-state index in [-0.39, 0.29) is 30.4 Å². The third kappa shape index (κ3) is 3.50. The summed E-state index contributed by atoms with van der Waals surface area (Å²) in [4.78, 5) is 19.6. The SMILES string of the molecule is Cc1nc2c3c(nn2c(C)c1Cl)CN(C(=O)c1ccc(F)cc1O[C@@H]1CN[C@H](CO)C1)C3. The largest absolute Gasteiger partial charge is 0.488 e. The molecule has 168 valence electrons. The molecule has 0 spiro atoms. The Balaban J connectivity index is 1.41. The van der Waals surface area contributed by atoms with Gasteiger partial charge in [-0.1, -0.05) is 11.6 Å². The van der Waals surface area contributed by atoms with Crippen LogP contribution in [0.2, 0.25) is 5.02 Å². The summed E-state index contributed by atoms with van der Waals surface area (Å²) in [6, 6.07) is 3.88. The van der Waals surface area contributed by atoms with Crippen molar-refractivity contribution in [1.82, 2.24) is 24.8 Å². The summed E-state index contributed by atoms with van der Waals surface area (Å²) in [6.07, 6.45) is 0.334. The molecule has 8 nitrogen and oxygen atoms in total. The minimum absolute atomic E-state index is 0.000974. The van der Waals surface area contributed by atoms with Crippen LogP contribution in [0.3, 0.4) is 0 Å². The van der Waals surface area contributed by atoms with Crippen molar-refractivity contribution in [2.45, 2.75) is 45.5 Å². The van der Waals surface area contributed by atoms with Gasteiger partial charge in [0.05, 0.1) is 47.4 Å². The maximum atomic E-state index is 14.0. The van der Waals surface area contributed by atoms with Crippen LogP contribution in [0.15, 0.2) is 18.2 Å². The van der Waals surface area contributed by atoms with Crippen molar-refractivity contribution in [3.63, 3.8) is 0 Å². The summed E-state index contributed by atoms with van der Waals surface area (Å²) in [5.41, 5.74) is 4.16. The summed E-state index contributed by atoms with van der Waals surface area (Å²) >= 11 is 6.31. The molecule has 0 saturated carbocycles. The fourth-order valence-corrected chi connectivity index (χ4v) is 4.51.